The van der Waals surface area contributed by atoms with Crippen molar-refractivity contribution in [2.24, 2.45) is 0 Å². The summed E-state index contributed by atoms with van der Waals surface area (Å²) < 4.78 is 31.0. The van der Waals surface area contributed by atoms with Gasteiger partial charge in [0, 0.05) is 30.1 Å². The SMILES string of the molecule is COCCS(=O)(=O)c1ccc2nccc(Nc3ccc4scnc4c3)c2c1. The number of hydrogen-bond donors (Lipinski definition) is 1. The van der Waals surface area contributed by atoms with Crippen LogP contribution in [0.25, 0.3) is 21.1 Å². The molecular formula is C19H17N3O3S2. The molecule has 8 heteroatoms. The molecule has 2 aromatic carbocycles. The zero-order valence-corrected chi connectivity index (χ0v) is 16.2. The van der Waals surface area contributed by atoms with E-state index in [-0.39, 0.29) is 17.3 Å². The highest BCUT2D eigenvalue weighted by atomic mass is 32.2. The Labute approximate surface area is 160 Å². The maximum Gasteiger partial charge on any atom is 0.180 e. The second kappa shape index (κ2) is 7.22. The molecule has 2 aromatic heterocycles. The number of aromatic nitrogens is 2. The molecule has 2 heterocycles. The maximum atomic E-state index is 12.5. The van der Waals surface area contributed by atoms with Crippen LogP contribution in [0.4, 0.5) is 11.4 Å². The molecular weight excluding hydrogens is 382 g/mol. The van der Waals surface area contributed by atoms with Crippen LogP contribution in [-0.4, -0.2) is 37.9 Å². The van der Waals surface area contributed by atoms with Gasteiger partial charge in [0.1, 0.15) is 0 Å². The van der Waals surface area contributed by atoms with Crippen molar-refractivity contribution < 1.29 is 13.2 Å². The Kier molecular flexibility index (Phi) is 4.77. The first-order chi connectivity index (χ1) is 13.1. The van der Waals surface area contributed by atoms with Crippen molar-refractivity contribution in [1.82, 2.24) is 9.97 Å². The quantitative estimate of drug-likeness (QED) is 0.528. The van der Waals surface area contributed by atoms with E-state index in [0.29, 0.717) is 0 Å². The summed E-state index contributed by atoms with van der Waals surface area (Å²) in [5, 5.41) is 4.10. The van der Waals surface area contributed by atoms with Crippen LogP contribution in [-0.2, 0) is 14.6 Å². The Morgan fingerprint density at radius 2 is 1.96 bits per heavy atom. The van der Waals surface area contributed by atoms with Crippen LogP contribution >= 0.6 is 11.3 Å². The predicted molar refractivity (Wildman–Crippen MR) is 109 cm³/mol. The molecule has 0 aliphatic rings. The number of nitrogens with one attached hydrogen (secondary N) is 1. The van der Waals surface area contributed by atoms with Crippen LogP contribution in [0.2, 0.25) is 0 Å². The van der Waals surface area contributed by atoms with Gasteiger partial charge in [-0.1, -0.05) is 0 Å². The number of fused-ring (bicyclic) bond motifs is 2. The van der Waals surface area contributed by atoms with E-state index in [9.17, 15) is 8.42 Å². The summed E-state index contributed by atoms with van der Waals surface area (Å²) in [4.78, 5) is 8.94. The molecule has 0 saturated carbocycles. The number of nitrogens with zero attached hydrogens (tertiary/aromatic N) is 2. The molecule has 0 atom stereocenters. The lowest BCUT2D eigenvalue weighted by Gasteiger charge is -2.11. The summed E-state index contributed by atoms with van der Waals surface area (Å²) in [6.45, 7) is 0.159. The van der Waals surface area contributed by atoms with E-state index < -0.39 is 9.84 Å². The molecule has 0 radical (unpaired) electrons. The molecule has 0 aliphatic heterocycles. The highest BCUT2D eigenvalue weighted by molar-refractivity contribution is 7.91. The van der Waals surface area contributed by atoms with Crippen molar-refractivity contribution in [3.05, 3.63) is 54.2 Å². The van der Waals surface area contributed by atoms with E-state index in [2.05, 4.69) is 15.3 Å². The van der Waals surface area contributed by atoms with Gasteiger partial charge in [0.2, 0.25) is 0 Å². The van der Waals surface area contributed by atoms with E-state index >= 15 is 0 Å². The molecule has 0 saturated heterocycles. The monoisotopic (exact) mass is 399 g/mol. The van der Waals surface area contributed by atoms with Crippen molar-refractivity contribution >= 4 is 53.7 Å². The summed E-state index contributed by atoms with van der Waals surface area (Å²) >= 11 is 1.59. The average Bonchev–Trinajstić information content (AvgIpc) is 3.14. The van der Waals surface area contributed by atoms with E-state index in [1.165, 1.54) is 7.11 Å². The Morgan fingerprint density at radius 1 is 1.07 bits per heavy atom. The topological polar surface area (TPSA) is 81.2 Å². The smallest absolute Gasteiger partial charge is 0.180 e. The molecule has 27 heavy (non-hydrogen) atoms. The minimum absolute atomic E-state index is 0.0570. The number of hydrogen-bond acceptors (Lipinski definition) is 7. The van der Waals surface area contributed by atoms with E-state index in [4.69, 9.17) is 4.74 Å². The van der Waals surface area contributed by atoms with Gasteiger partial charge < -0.3 is 10.1 Å². The molecule has 0 spiro atoms. The lowest BCUT2D eigenvalue weighted by Crippen LogP contribution is -2.11. The summed E-state index contributed by atoms with van der Waals surface area (Å²) in [5.74, 6) is -0.0570. The maximum absolute atomic E-state index is 12.5. The highest BCUT2D eigenvalue weighted by Gasteiger charge is 2.16. The number of methoxy groups -OCH3 is 1. The molecule has 138 valence electrons. The fourth-order valence-electron chi connectivity index (χ4n) is 2.83. The fourth-order valence-corrected chi connectivity index (χ4v) is 4.68. The zero-order valence-electron chi connectivity index (χ0n) is 14.5. The number of benzene rings is 2. The van der Waals surface area contributed by atoms with Crippen molar-refractivity contribution in [2.45, 2.75) is 4.90 Å². The van der Waals surface area contributed by atoms with Gasteiger partial charge in [-0.25, -0.2) is 13.4 Å². The third kappa shape index (κ3) is 3.64. The highest BCUT2D eigenvalue weighted by Crippen LogP contribution is 2.29. The van der Waals surface area contributed by atoms with Crippen molar-refractivity contribution in [3.63, 3.8) is 0 Å². The number of rotatable bonds is 6. The van der Waals surface area contributed by atoms with Crippen molar-refractivity contribution in [2.75, 3.05) is 24.8 Å². The van der Waals surface area contributed by atoms with Crippen LogP contribution in [0.1, 0.15) is 0 Å². The number of pyridine rings is 1. The molecule has 0 amide bonds. The van der Waals surface area contributed by atoms with E-state index in [0.717, 1.165) is 32.5 Å². The Bertz CT molecular complexity index is 1220. The van der Waals surface area contributed by atoms with Gasteiger partial charge in [0.15, 0.2) is 9.84 Å². The zero-order chi connectivity index (χ0) is 18.9. The number of ether oxygens (including phenoxy) is 1. The first kappa shape index (κ1) is 17.8. The van der Waals surface area contributed by atoms with Crippen LogP contribution < -0.4 is 5.32 Å². The Hall–Kier alpha value is -2.55. The molecule has 4 rings (SSSR count). The fraction of sp³-hybridized carbons (Fsp3) is 0.158. The second-order valence-corrected chi connectivity index (χ2v) is 9.00. The minimum atomic E-state index is -3.41. The number of anilines is 2. The Morgan fingerprint density at radius 3 is 2.81 bits per heavy atom. The second-order valence-electron chi connectivity index (χ2n) is 6.01. The normalized spacial score (nSPS) is 11.9. The van der Waals surface area contributed by atoms with Crippen molar-refractivity contribution in [1.29, 1.82) is 0 Å². The summed E-state index contributed by atoms with van der Waals surface area (Å²) in [7, 11) is -1.93. The molecule has 0 unspecified atom stereocenters. The van der Waals surface area contributed by atoms with Crippen molar-refractivity contribution in [3.8, 4) is 0 Å². The van der Waals surface area contributed by atoms with Gasteiger partial charge in [0.25, 0.3) is 0 Å². The first-order valence-corrected chi connectivity index (χ1v) is 10.8. The first-order valence-electron chi connectivity index (χ1n) is 8.27. The summed E-state index contributed by atoms with van der Waals surface area (Å²) in [6.07, 6.45) is 1.70. The third-order valence-corrected chi connectivity index (χ3v) is 6.72. The van der Waals surface area contributed by atoms with Crippen LogP contribution in [0.3, 0.4) is 0 Å². The molecule has 0 fully saturated rings. The molecule has 4 aromatic rings. The number of sulfone groups is 1. The minimum Gasteiger partial charge on any atom is -0.384 e. The van der Waals surface area contributed by atoms with Gasteiger partial charge in [-0.2, -0.15) is 0 Å². The molecule has 0 aliphatic carbocycles. The Balaban J connectivity index is 1.74. The van der Waals surface area contributed by atoms with Crippen LogP contribution in [0, 0.1) is 0 Å². The van der Waals surface area contributed by atoms with Crippen LogP contribution in [0.15, 0.2) is 59.1 Å². The van der Waals surface area contributed by atoms with Gasteiger partial charge in [-0.3, -0.25) is 4.98 Å². The van der Waals surface area contributed by atoms with E-state index in [1.54, 1.807) is 35.7 Å². The molecule has 0 bridgehead atoms. The summed E-state index contributed by atoms with van der Waals surface area (Å²) in [5.41, 5.74) is 5.13. The van der Waals surface area contributed by atoms with Gasteiger partial charge in [0.05, 0.1) is 38.5 Å². The average molecular weight is 399 g/mol. The third-order valence-electron chi connectivity index (χ3n) is 4.24. The molecule has 6 nitrogen and oxygen atoms in total. The van der Waals surface area contributed by atoms with Crippen LogP contribution in [0.5, 0.6) is 0 Å². The lowest BCUT2D eigenvalue weighted by atomic mass is 10.2. The van der Waals surface area contributed by atoms with Gasteiger partial charge >= 0.3 is 0 Å². The lowest BCUT2D eigenvalue weighted by molar-refractivity contribution is 0.217. The number of thiazole rings is 1. The largest absolute Gasteiger partial charge is 0.384 e. The predicted octanol–water partition coefficient (Wildman–Crippen LogP) is 4.01. The summed E-state index contributed by atoms with van der Waals surface area (Å²) in [6, 6.07) is 12.8. The standard InChI is InChI=1S/C19H17N3O3S2/c1-25-8-9-27(23,24)14-3-4-16-15(11-14)17(6-7-20-16)22-13-2-5-19-18(10-13)21-12-26-19/h2-7,10-12H,8-9H2,1H3,(H,20,22). The van der Waals surface area contributed by atoms with Gasteiger partial charge in [-0.15, -0.1) is 11.3 Å². The van der Waals surface area contributed by atoms with Gasteiger partial charge in [-0.05, 0) is 42.5 Å². The van der Waals surface area contributed by atoms with E-state index in [1.807, 2.05) is 29.8 Å². The molecule has 1 N–H and O–H groups in total.